The third kappa shape index (κ3) is 1.17. The Hall–Kier alpha value is -0.120. The van der Waals surface area contributed by atoms with Gasteiger partial charge < -0.3 is 15.4 Å². The first-order valence-electron chi connectivity index (χ1n) is 4.02. The summed E-state index contributed by atoms with van der Waals surface area (Å²) in [5.41, 5.74) is 0. The minimum atomic E-state index is 0.493. The summed E-state index contributed by atoms with van der Waals surface area (Å²) in [6.45, 7) is 4.22. The molecule has 0 spiro atoms. The predicted molar refractivity (Wildman–Crippen MR) is 39.0 cm³/mol. The highest BCUT2D eigenvalue weighted by Crippen LogP contribution is 2.15. The van der Waals surface area contributed by atoms with Gasteiger partial charge in [0.05, 0.1) is 18.8 Å². The van der Waals surface area contributed by atoms with Crippen molar-refractivity contribution in [2.24, 2.45) is 0 Å². The van der Waals surface area contributed by atoms with Crippen LogP contribution in [0.15, 0.2) is 0 Å². The van der Waals surface area contributed by atoms with E-state index in [1.807, 2.05) is 0 Å². The first kappa shape index (κ1) is 6.58. The molecule has 0 aromatic rings. The maximum absolute atomic E-state index is 5.37. The van der Waals surface area contributed by atoms with Crippen LogP contribution in [-0.4, -0.2) is 38.4 Å². The van der Waals surface area contributed by atoms with Crippen molar-refractivity contribution in [1.29, 1.82) is 0 Å². The van der Waals surface area contributed by atoms with Gasteiger partial charge in [-0.05, 0) is 13.0 Å². The van der Waals surface area contributed by atoms with Crippen LogP contribution >= 0.6 is 0 Å². The van der Waals surface area contributed by atoms with Gasteiger partial charge in [0.25, 0.3) is 0 Å². The van der Waals surface area contributed by atoms with E-state index < -0.39 is 0 Å². The molecule has 2 aliphatic rings. The molecule has 2 rings (SSSR count). The Balaban J connectivity index is 1.83. The molecule has 0 saturated carbocycles. The second-order valence-electron chi connectivity index (χ2n) is 2.97. The minimum Gasteiger partial charge on any atom is -0.375 e. The van der Waals surface area contributed by atoms with Crippen LogP contribution in [0.5, 0.6) is 0 Å². The lowest BCUT2D eigenvalue weighted by Crippen LogP contribution is -2.57. The molecule has 58 valence electrons. The second kappa shape index (κ2) is 2.86. The first-order chi connectivity index (χ1) is 4.97. The Labute approximate surface area is 61.1 Å². The smallest absolute Gasteiger partial charge is 0.0763 e. The average molecular weight is 142 g/mol. The van der Waals surface area contributed by atoms with Crippen molar-refractivity contribution in [2.45, 2.75) is 18.6 Å². The van der Waals surface area contributed by atoms with Gasteiger partial charge in [-0.1, -0.05) is 0 Å². The Kier molecular flexibility index (Phi) is 1.88. The third-order valence-corrected chi connectivity index (χ3v) is 2.25. The summed E-state index contributed by atoms with van der Waals surface area (Å²) in [5.74, 6) is 0. The van der Waals surface area contributed by atoms with E-state index >= 15 is 0 Å². The molecule has 2 unspecified atom stereocenters. The van der Waals surface area contributed by atoms with Gasteiger partial charge in [-0.15, -0.1) is 0 Å². The van der Waals surface area contributed by atoms with Crippen LogP contribution in [0.4, 0.5) is 0 Å². The van der Waals surface area contributed by atoms with Crippen molar-refractivity contribution in [3.63, 3.8) is 0 Å². The molecule has 0 aromatic heterocycles. The topological polar surface area (TPSA) is 33.3 Å². The van der Waals surface area contributed by atoms with E-state index in [9.17, 15) is 0 Å². The van der Waals surface area contributed by atoms with E-state index in [-0.39, 0.29) is 0 Å². The highest BCUT2D eigenvalue weighted by atomic mass is 16.5. The Bertz CT molecular complexity index is 104. The normalized spacial score (nSPS) is 40.8. The molecule has 0 aliphatic carbocycles. The number of nitrogens with one attached hydrogen (secondary N) is 2. The number of fused-ring (bicyclic) bond motifs is 1. The van der Waals surface area contributed by atoms with Crippen LogP contribution in [0.1, 0.15) is 6.42 Å². The molecule has 2 aliphatic heterocycles. The van der Waals surface area contributed by atoms with E-state index in [0.29, 0.717) is 12.1 Å². The average Bonchev–Trinajstić information content (AvgIpc) is 1.89. The quantitative estimate of drug-likeness (QED) is 0.471. The molecule has 0 radical (unpaired) electrons. The lowest BCUT2D eigenvalue weighted by atomic mass is 10.0. The Morgan fingerprint density at radius 2 is 2.20 bits per heavy atom. The minimum absolute atomic E-state index is 0.493. The van der Waals surface area contributed by atoms with E-state index in [1.54, 1.807) is 0 Å². The summed E-state index contributed by atoms with van der Waals surface area (Å²) >= 11 is 0. The van der Waals surface area contributed by atoms with Crippen molar-refractivity contribution < 1.29 is 4.74 Å². The van der Waals surface area contributed by atoms with E-state index in [4.69, 9.17) is 4.74 Å². The number of hydrogen-bond acceptors (Lipinski definition) is 3. The van der Waals surface area contributed by atoms with Crippen LogP contribution in [0.3, 0.4) is 0 Å². The summed E-state index contributed by atoms with van der Waals surface area (Å²) in [5, 5.41) is 6.76. The Morgan fingerprint density at radius 3 is 3.00 bits per heavy atom. The molecule has 2 heterocycles. The van der Waals surface area contributed by atoms with Crippen LogP contribution in [-0.2, 0) is 4.74 Å². The van der Waals surface area contributed by atoms with Crippen molar-refractivity contribution in [1.82, 2.24) is 10.6 Å². The standard InChI is InChI=1S/C7H14N2O/c1-2-8-3-4-9-6-5-10-7(1)6/h6-9H,1-5H2. The summed E-state index contributed by atoms with van der Waals surface area (Å²) in [6.07, 6.45) is 1.66. The number of ether oxygens (including phenoxy) is 1. The van der Waals surface area contributed by atoms with Gasteiger partial charge in [0.2, 0.25) is 0 Å². The van der Waals surface area contributed by atoms with Crippen LogP contribution < -0.4 is 10.6 Å². The van der Waals surface area contributed by atoms with E-state index in [1.165, 1.54) is 0 Å². The maximum atomic E-state index is 5.37. The van der Waals surface area contributed by atoms with Crippen molar-refractivity contribution in [3.8, 4) is 0 Å². The molecule has 0 amide bonds. The third-order valence-electron chi connectivity index (χ3n) is 2.25. The monoisotopic (exact) mass is 142 g/mol. The highest BCUT2D eigenvalue weighted by Gasteiger charge is 2.31. The molecule has 2 saturated heterocycles. The zero-order valence-electron chi connectivity index (χ0n) is 6.10. The SMILES string of the molecule is C1CNC2COC2CCN1. The zero-order chi connectivity index (χ0) is 6.81. The lowest BCUT2D eigenvalue weighted by Gasteiger charge is -2.39. The Morgan fingerprint density at radius 1 is 1.20 bits per heavy atom. The summed E-state index contributed by atoms with van der Waals surface area (Å²) in [4.78, 5) is 0. The van der Waals surface area contributed by atoms with E-state index in [2.05, 4.69) is 10.6 Å². The van der Waals surface area contributed by atoms with Gasteiger partial charge in [-0.2, -0.15) is 0 Å². The zero-order valence-corrected chi connectivity index (χ0v) is 6.10. The van der Waals surface area contributed by atoms with Crippen molar-refractivity contribution in [2.75, 3.05) is 26.2 Å². The van der Waals surface area contributed by atoms with Crippen LogP contribution in [0, 0.1) is 0 Å². The summed E-state index contributed by atoms with van der Waals surface area (Å²) in [7, 11) is 0. The second-order valence-corrected chi connectivity index (χ2v) is 2.97. The molecule has 2 fully saturated rings. The fourth-order valence-electron chi connectivity index (χ4n) is 1.52. The number of hydrogen-bond donors (Lipinski definition) is 2. The molecule has 0 aromatic carbocycles. The molecule has 3 heteroatoms. The largest absolute Gasteiger partial charge is 0.375 e. The first-order valence-corrected chi connectivity index (χ1v) is 4.02. The highest BCUT2D eigenvalue weighted by molar-refractivity contribution is 4.87. The molecule has 2 N–H and O–H groups in total. The molecule has 0 bridgehead atoms. The molecule has 3 nitrogen and oxygen atoms in total. The molecular formula is C7H14N2O. The van der Waals surface area contributed by atoms with Crippen molar-refractivity contribution >= 4 is 0 Å². The van der Waals surface area contributed by atoms with E-state index in [0.717, 1.165) is 32.7 Å². The van der Waals surface area contributed by atoms with Gasteiger partial charge in [0, 0.05) is 13.1 Å². The van der Waals surface area contributed by atoms with Gasteiger partial charge in [-0.3, -0.25) is 0 Å². The maximum Gasteiger partial charge on any atom is 0.0763 e. The predicted octanol–water partition coefficient (Wildman–Crippen LogP) is -0.663. The fraction of sp³-hybridized carbons (Fsp3) is 1.00. The lowest BCUT2D eigenvalue weighted by molar-refractivity contribution is -0.0919. The van der Waals surface area contributed by atoms with Gasteiger partial charge in [-0.25, -0.2) is 0 Å². The van der Waals surface area contributed by atoms with Crippen molar-refractivity contribution in [3.05, 3.63) is 0 Å². The fourth-order valence-corrected chi connectivity index (χ4v) is 1.52. The van der Waals surface area contributed by atoms with Gasteiger partial charge in [0.15, 0.2) is 0 Å². The van der Waals surface area contributed by atoms with Crippen LogP contribution in [0.2, 0.25) is 0 Å². The van der Waals surface area contributed by atoms with Gasteiger partial charge in [0.1, 0.15) is 0 Å². The summed E-state index contributed by atoms with van der Waals surface area (Å²) in [6, 6.07) is 0.655. The molecule has 10 heavy (non-hydrogen) atoms. The van der Waals surface area contributed by atoms with Gasteiger partial charge >= 0.3 is 0 Å². The number of rotatable bonds is 0. The van der Waals surface area contributed by atoms with Crippen LogP contribution in [0.25, 0.3) is 0 Å². The molecule has 2 atom stereocenters. The summed E-state index contributed by atoms with van der Waals surface area (Å²) < 4.78 is 5.37. The molecular weight excluding hydrogens is 128 g/mol.